The Labute approximate surface area is 161 Å². The molecule has 150 valence electrons. The Bertz CT molecular complexity index is 656. The highest BCUT2D eigenvalue weighted by Gasteiger charge is 2.43. The summed E-state index contributed by atoms with van der Waals surface area (Å²) in [5.41, 5.74) is 1.29. The molecule has 1 amide bonds. The molecule has 0 saturated carbocycles. The third-order valence-electron chi connectivity index (χ3n) is 5.19. The number of amides is 1. The van der Waals surface area contributed by atoms with E-state index in [2.05, 4.69) is 6.07 Å². The van der Waals surface area contributed by atoms with Crippen molar-refractivity contribution in [2.45, 2.75) is 46.0 Å². The first-order valence-corrected chi connectivity index (χ1v) is 9.58. The number of rotatable bonds is 9. The van der Waals surface area contributed by atoms with Crippen LogP contribution >= 0.6 is 0 Å². The van der Waals surface area contributed by atoms with Gasteiger partial charge in [0, 0.05) is 26.6 Å². The molecule has 1 saturated heterocycles. The fourth-order valence-electron chi connectivity index (χ4n) is 3.56. The molecular formula is C21H31NO5. The lowest BCUT2D eigenvalue weighted by Gasteiger charge is -2.39. The van der Waals surface area contributed by atoms with Gasteiger partial charge in [-0.15, -0.1) is 0 Å². The van der Waals surface area contributed by atoms with Crippen LogP contribution in [0.25, 0.3) is 0 Å². The Morgan fingerprint density at radius 2 is 2.04 bits per heavy atom. The van der Waals surface area contributed by atoms with Gasteiger partial charge in [-0.05, 0) is 56.7 Å². The summed E-state index contributed by atoms with van der Waals surface area (Å²) in [6, 6.07) is 6.12. The first-order valence-electron chi connectivity index (χ1n) is 9.58. The van der Waals surface area contributed by atoms with Crippen LogP contribution in [0.3, 0.4) is 0 Å². The average Bonchev–Trinajstić information content (AvgIpc) is 2.64. The van der Waals surface area contributed by atoms with E-state index in [1.54, 1.807) is 4.90 Å². The lowest BCUT2D eigenvalue weighted by atomic mass is 9.80. The molecule has 1 aromatic carbocycles. The molecule has 1 heterocycles. The molecule has 0 aromatic heterocycles. The van der Waals surface area contributed by atoms with Crippen LogP contribution in [0.1, 0.15) is 43.2 Å². The predicted molar refractivity (Wildman–Crippen MR) is 103 cm³/mol. The highest BCUT2D eigenvalue weighted by Crippen LogP contribution is 2.31. The van der Waals surface area contributed by atoms with Crippen LogP contribution in [0.5, 0.6) is 5.75 Å². The number of nitrogens with zero attached hydrogens (tertiary/aromatic N) is 1. The molecule has 1 aliphatic heterocycles. The fourth-order valence-corrected chi connectivity index (χ4v) is 3.56. The first-order chi connectivity index (χ1) is 12.9. The van der Waals surface area contributed by atoms with Crippen molar-refractivity contribution in [2.75, 3.05) is 33.4 Å². The van der Waals surface area contributed by atoms with E-state index in [9.17, 15) is 14.7 Å². The van der Waals surface area contributed by atoms with Crippen molar-refractivity contribution in [3.63, 3.8) is 0 Å². The average molecular weight is 377 g/mol. The topological polar surface area (TPSA) is 76.1 Å². The van der Waals surface area contributed by atoms with Gasteiger partial charge in [-0.3, -0.25) is 9.59 Å². The van der Waals surface area contributed by atoms with Crippen molar-refractivity contribution >= 4 is 11.9 Å². The fraction of sp³-hybridized carbons (Fsp3) is 0.619. The first kappa shape index (κ1) is 21.2. The largest absolute Gasteiger partial charge is 0.493 e. The number of likely N-dealkylation sites (tertiary alicyclic amines) is 1. The van der Waals surface area contributed by atoms with Crippen molar-refractivity contribution in [3.8, 4) is 5.75 Å². The van der Waals surface area contributed by atoms with Crippen molar-refractivity contribution in [1.82, 2.24) is 4.90 Å². The van der Waals surface area contributed by atoms with Gasteiger partial charge in [-0.25, -0.2) is 0 Å². The van der Waals surface area contributed by atoms with Crippen molar-refractivity contribution < 1.29 is 24.2 Å². The zero-order chi connectivity index (χ0) is 19.9. The van der Waals surface area contributed by atoms with E-state index < -0.39 is 11.4 Å². The highest BCUT2D eigenvalue weighted by atomic mass is 16.5. The molecule has 1 aliphatic rings. The van der Waals surface area contributed by atoms with Crippen molar-refractivity contribution in [1.29, 1.82) is 0 Å². The van der Waals surface area contributed by atoms with E-state index in [1.807, 2.05) is 26.0 Å². The maximum Gasteiger partial charge on any atom is 0.313 e. The molecule has 6 heteroatoms. The smallest absolute Gasteiger partial charge is 0.313 e. The molecule has 2 rings (SSSR count). The van der Waals surface area contributed by atoms with Gasteiger partial charge in [-0.1, -0.05) is 12.1 Å². The molecule has 1 unspecified atom stereocenters. The van der Waals surface area contributed by atoms with Crippen LogP contribution in [0.2, 0.25) is 0 Å². The Balaban J connectivity index is 1.76. The molecular weight excluding hydrogens is 346 g/mol. The van der Waals surface area contributed by atoms with E-state index in [0.717, 1.165) is 29.7 Å². The summed E-state index contributed by atoms with van der Waals surface area (Å²) in [6.45, 7) is 5.61. The quantitative estimate of drug-likeness (QED) is 0.669. The number of aliphatic carboxylic acids is 1. The van der Waals surface area contributed by atoms with Gasteiger partial charge in [0.25, 0.3) is 0 Å². The zero-order valence-corrected chi connectivity index (χ0v) is 16.6. The summed E-state index contributed by atoms with van der Waals surface area (Å²) < 4.78 is 10.9. The van der Waals surface area contributed by atoms with Crippen LogP contribution < -0.4 is 4.74 Å². The van der Waals surface area contributed by atoms with E-state index >= 15 is 0 Å². The van der Waals surface area contributed by atoms with Crippen LogP contribution in [0.4, 0.5) is 0 Å². The third kappa shape index (κ3) is 5.70. The summed E-state index contributed by atoms with van der Waals surface area (Å²) >= 11 is 0. The van der Waals surface area contributed by atoms with Crippen molar-refractivity contribution in [3.05, 3.63) is 29.3 Å². The minimum atomic E-state index is -0.978. The number of piperidine rings is 1. The second-order valence-corrected chi connectivity index (χ2v) is 7.51. The minimum Gasteiger partial charge on any atom is -0.493 e. The number of benzene rings is 1. The lowest BCUT2D eigenvalue weighted by molar-refractivity contribution is -0.159. The Morgan fingerprint density at radius 1 is 1.26 bits per heavy atom. The van der Waals surface area contributed by atoms with Gasteiger partial charge >= 0.3 is 5.97 Å². The van der Waals surface area contributed by atoms with Crippen molar-refractivity contribution in [2.24, 2.45) is 5.41 Å². The molecule has 0 radical (unpaired) electrons. The molecule has 0 bridgehead atoms. The molecule has 0 spiro atoms. The maximum atomic E-state index is 12.5. The number of unbranched alkanes of at least 4 members (excludes halogenated alkanes) is 1. The number of carbonyl (C=O) groups is 2. The van der Waals surface area contributed by atoms with Gasteiger partial charge in [0.15, 0.2) is 0 Å². The number of methoxy groups -OCH3 is 1. The van der Waals surface area contributed by atoms with Gasteiger partial charge < -0.3 is 19.5 Å². The lowest BCUT2D eigenvalue weighted by Crippen LogP contribution is -2.52. The molecule has 1 aromatic rings. The molecule has 0 aliphatic carbocycles. The highest BCUT2D eigenvalue weighted by molar-refractivity contribution is 5.79. The number of ether oxygens (including phenoxy) is 2. The van der Waals surface area contributed by atoms with Crippen LogP contribution in [-0.4, -0.2) is 55.3 Å². The van der Waals surface area contributed by atoms with Gasteiger partial charge in [0.1, 0.15) is 11.2 Å². The molecule has 1 N–H and O–H groups in total. The van der Waals surface area contributed by atoms with Crippen LogP contribution in [-0.2, 0) is 14.3 Å². The second-order valence-electron chi connectivity index (χ2n) is 7.51. The SMILES string of the molecule is COCC1(C(=O)O)CCCN(C(=O)CCCCOc2cc(C)ccc2C)C1. The van der Waals surface area contributed by atoms with E-state index in [1.165, 1.54) is 7.11 Å². The van der Waals surface area contributed by atoms with Crippen LogP contribution in [0.15, 0.2) is 18.2 Å². The van der Waals surface area contributed by atoms with E-state index in [0.29, 0.717) is 32.4 Å². The summed E-state index contributed by atoms with van der Waals surface area (Å²) in [5, 5.41) is 9.58. The Kier molecular flexibility index (Phi) is 7.66. The Hall–Kier alpha value is -2.08. The summed E-state index contributed by atoms with van der Waals surface area (Å²) in [6.07, 6.45) is 3.17. The maximum absolute atomic E-state index is 12.5. The standard InChI is InChI=1S/C21H31NO5/c1-16-8-9-17(2)18(13-16)27-12-5-4-7-19(23)22-11-6-10-21(14-22,15-26-3)20(24)25/h8-9,13H,4-7,10-12,14-15H2,1-3H3,(H,24,25). The third-order valence-corrected chi connectivity index (χ3v) is 5.19. The number of hydrogen-bond donors (Lipinski definition) is 1. The normalized spacial score (nSPS) is 19.7. The Morgan fingerprint density at radius 3 is 2.74 bits per heavy atom. The monoisotopic (exact) mass is 377 g/mol. The van der Waals surface area contributed by atoms with Gasteiger partial charge in [-0.2, -0.15) is 0 Å². The summed E-state index contributed by atoms with van der Waals surface area (Å²) in [4.78, 5) is 25.9. The molecule has 1 fully saturated rings. The minimum absolute atomic E-state index is 0.0168. The number of aryl methyl sites for hydroxylation is 2. The zero-order valence-electron chi connectivity index (χ0n) is 16.6. The van der Waals surface area contributed by atoms with Gasteiger partial charge in [0.05, 0.1) is 13.2 Å². The number of hydrogen-bond acceptors (Lipinski definition) is 4. The van der Waals surface area contributed by atoms with E-state index in [4.69, 9.17) is 9.47 Å². The molecule has 27 heavy (non-hydrogen) atoms. The van der Waals surface area contributed by atoms with Gasteiger partial charge in [0.2, 0.25) is 5.91 Å². The predicted octanol–water partition coefficient (Wildman–Crippen LogP) is 3.19. The number of carbonyl (C=O) groups excluding carboxylic acids is 1. The molecule has 6 nitrogen and oxygen atoms in total. The van der Waals surface area contributed by atoms with E-state index in [-0.39, 0.29) is 19.1 Å². The summed E-state index contributed by atoms with van der Waals surface area (Å²) in [5.74, 6) is 0.0232. The van der Waals surface area contributed by atoms with Crippen LogP contribution in [0, 0.1) is 19.3 Å². The number of carboxylic acids is 1. The summed E-state index contributed by atoms with van der Waals surface area (Å²) in [7, 11) is 1.50. The molecule has 1 atom stereocenters. The number of carboxylic acid groups (broad SMARTS) is 1. The second kappa shape index (κ2) is 9.74.